The highest BCUT2D eigenvalue weighted by Crippen LogP contribution is 2.08. The standard InChI is InChI=1S/C10H10N4O2S/c11-8-4-12-2-1-7(8)9(15)13-3-6-5-17-10(16)14-6/h1-2,4-5H,3,11H2,(H,13,15)(H,14,16). The van der Waals surface area contributed by atoms with Gasteiger partial charge in [-0.2, -0.15) is 0 Å². The summed E-state index contributed by atoms with van der Waals surface area (Å²) < 4.78 is 0. The molecule has 6 nitrogen and oxygen atoms in total. The van der Waals surface area contributed by atoms with Crippen molar-refractivity contribution in [3.8, 4) is 0 Å². The number of nitrogens with one attached hydrogen (secondary N) is 2. The maximum atomic E-state index is 11.7. The van der Waals surface area contributed by atoms with Crippen LogP contribution < -0.4 is 15.9 Å². The quantitative estimate of drug-likeness (QED) is 0.731. The number of aromatic nitrogens is 2. The summed E-state index contributed by atoms with van der Waals surface area (Å²) in [6.07, 6.45) is 2.92. The van der Waals surface area contributed by atoms with Crippen LogP contribution in [-0.4, -0.2) is 15.9 Å². The van der Waals surface area contributed by atoms with Crippen molar-refractivity contribution in [2.24, 2.45) is 0 Å². The Kier molecular flexibility index (Phi) is 3.20. The van der Waals surface area contributed by atoms with Crippen molar-refractivity contribution in [1.29, 1.82) is 0 Å². The first kappa shape index (κ1) is 11.3. The summed E-state index contributed by atoms with van der Waals surface area (Å²) in [4.78, 5) is 28.9. The first-order valence-corrected chi connectivity index (χ1v) is 5.69. The van der Waals surface area contributed by atoms with E-state index in [4.69, 9.17) is 5.73 Å². The van der Waals surface area contributed by atoms with Crippen LogP contribution in [0.3, 0.4) is 0 Å². The molecule has 0 aliphatic rings. The lowest BCUT2D eigenvalue weighted by Crippen LogP contribution is -2.24. The first-order valence-electron chi connectivity index (χ1n) is 4.81. The minimum atomic E-state index is -0.294. The lowest BCUT2D eigenvalue weighted by atomic mass is 10.2. The van der Waals surface area contributed by atoms with Crippen molar-refractivity contribution in [3.05, 3.63) is 44.8 Å². The third-order valence-electron chi connectivity index (χ3n) is 2.11. The molecule has 0 atom stereocenters. The van der Waals surface area contributed by atoms with Crippen molar-refractivity contribution in [2.75, 3.05) is 5.73 Å². The maximum Gasteiger partial charge on any atom is 0.304 e. The molecular formula is C10H10N4O2S. The molecule has 0 unspecified atom stereocenters. The predicted molar refractivity (Wildman–Crippen MR) is 64.8 cm³/mol. The number of H-pyrrole nitrogens is 1. The Balaban J connectivity index is 2.03. The number of nitrogens with zero attached hydrogens (tertiary/aromatic N) is 1. The van der Waals surface area contributed by atoms with Gasteiger partial charge in [0.05, 0.1) is 24.0 Å². The van der Waals surface area contributed by atoms with Crippen molar-refractivity contribution in [1.82, 2.24) is 15.3 Å². The molecule has 0 spiro atoms. The molecule has 0 aromatic carbocycles. The average molecular weight is 250 g/mol. The van der Waals surface area contributed by atoms with Gasteiger partial charge < -0.3 is 16.0 Å². The number of nitrogens with two attached hydrogens (primary N) is 1. The number of thiazole rings is 1. The number of carbonyl (C=O) groups excluding carboxylic acids is 1. The Morgan fingerprint density at radius 3 is 3.06 bits per heavy atom. The van der Waals surface area contributed by atoms with Gasteiger partial charge in [0, 0.05) is 17.3 Å². The first-order chi connectivity index (χ1) is 8.16. The molecule has 0 bridgehead atoms. The van der Waals surface area contributed by atoms with Gasteiger partial charge in [0.2, 0.25) is 0 Å². The largest absolute Gasteiger partial charge is 0.397 e. The lowest BCUT2D eigenvalue weighted by molar-refractivity contribution is 0.0951. The van der Waals surface area contributed by atoms with E-state index in [1.807, 2.05) is 0 Å². The Bertz CT molecular complexity index is 590. The van der Waals surface area contributed by atoms with Gasteiger partial charge in [0.1, 0.15) is 0 Å². The van der Waals surface area contributed by atoms with Crippen LogP contribution in [0.2, 0.25) is 0 Å². The van der Waals surface area contributed by atoms with E-state index in [9.17, 15) is 9.59 Å². The van der Waals surface area contributed by atoms with E-state index in [1.54, 1.807) is 11.4 Å². The fourth-order valence-electron chi connectivity index (χ4n) is 1.28. The van der Waals surface area contributed by atoms with Crippen LogP contribution in [0, 0.1) is 0 Å². The summed E-state index contributed by atoms with van der Waals surface area (Å²) >= 11 is 1.06. The molecule has 2 aromatic heterocycles. The Hall–Kier alpha value is -2.15. The Labute approximate surface area is 101 Å². The van der Waals surface area contributed by atoms with E-state index in [1.165, 1.54) is 12.4 Å². The van der Waals surface area contributed by atoms with Gasteiger partial charge >= 0.3 is 4.87 Å². The van der Waals surface area contributed by atoms with Gasteiger partial charge in [-0.1, -0.05) is 11.3 Å². The molecule has 0 fully saturated rings. The zero-order valence-electron chi connectivity index (χ0n) is 8.77. The molecule has 17 heavy (non-hydrogen) atoms. The number of hydrogen-bond acceptors (Lipinski definition) is 5. The Morgan fingerprint density at radius 2 is 2.41 bits per heavy atom. The Morgan fingerprint density at radius 1 is 1.59 bits per heavy atom. The van der Waals surface area contributed by atoms with Crippen molar-refractivity contribution in [2.45, 2.75) is 6.54 Å². The number of amides is 1. The molecule has 1 amide bonds. The van der Waals surface area contributed by atoms with Gasteiger partial charge in [-0.25, -0.2) is 0 Å². The molecule has 0 aliphatic heterocycles. The molecule has 2 aromatic rings. The second-order valence-electron chi connectivity index (χ2n) is 3.32. The minimum Gasteiger partial charge on any atom is -0.397 e. The fourth-order valence-corrected chi connectivity index (χ4v) is 1.87. The molecule has 0 radical (unpaired) electrons. The summed E-state index contributed by atoms with van der Waals surface area (Å²) in [6, 6.07) is 1.54. The third kappa shape index (κ3) is 2.70. The molecule has 4 N–H and O–H groups in total. The number of hydrogen-bond donors (Lipinski definition) is 3. The van der Waals surface area contributed by atoms with Crippen LogP contribution in [0.4, 0.5) is 5.69 Å². The monoisotopic (exact) mass is 250 g/mol. The molecule has 88 valence electrons. The maximum absolute atomic E-state index is 11.7. The molecule has 0 aliphatic carbocycles. The number of aromatic amines is 1. The van der Waals surface area contributed by atoms with Crippen LogP contribution in [-0.2, 0) is 6.54 Å². The SMILES string of the molecule is Nc1cnccc1C(=O)NCc1csc(=O)[nH]1. The number of nitrogen functional groups attached to an aromatic ring is 1. The lowest BCUT2D eigenvalue weighted by Gasteiger charge is -2.05. The van der Waals surface area contributed by atoms with Crippen LogP contribution >= 0.6 is 11.3 Å². The number of pyridine rings is 1. The molecule has 7 heteroatoms. The highest BCUT2D eigenvalue weighted by Gasteiger charge is 2.09. The number of anilines is 1. The molecule has 0 saturated heterocycles. The van der Waals surface area contributed by atoms with Crippen molar-refractivity contribution < 1.29 is 4.79 Å². The molecule has 0 saturated carbocycles. The minimum absolute atomic E-state index is 0.141. The predicted octanol–water partition coefficient (Wildman–Crippen LogP) is 0.344. The molecule has 2 heterocycles. The zero-order valence-corrected chi connectivity index (χ0v) is 9.58. The third-order valence-corrected chi connectivity index (χ3v) is 2.83. The van der Waals surface area contributed by atoms with Gasteiger partial charge in [-0.3, -0.25) is 14.6 Å². The van der Waals surface area contributed by atoms with Crippen LogP contribution in [0.1, 0.15) is 16.1 Å². The number of rotatable bonds is 3. The highest BCUT2D eigenvalue weighted by atomic mass is 32.1. The van der Waals surface area contributed by atoms with Crippen LogP contribution in [0.15, 0.2) is 28.6 Å². The zero-order chi connectivity index (χ0) is 12.3. The second kappa shape index (κ2) is 4.79. The van der Waals surface area contributed by atoms with Crippen LogP contribution in [0.25, 0.3) is 0 Å². The smallest absolute Gasteiger partial charge is 0.304 e. The van der Waals surface area contributed by atoms with Crippen molar-refractivity contribution in [3.63, 3.8) is 0 Å². The van der Waals surface area contributed by atoms with E-state index in [-0.39, 0.29) is 17.3 Å². The summed E-state index contributed by atoms with van der Waals surface area (Å²) in [5, 5.41) is 4.32. The van der Waals surface area contributed by atoms with Gasteiger partial charge in [-0.05, 0) is 6.07 Å². The molecular weight excluding hydrogens is 240 g/mol. The summed E-state index contributed by atoms with van der Waals surface area (Å²) in [7, 11) is 0. The fraction of sp³-hybridized carbons (Fsp3) is 0.100. The van der Waals surface area contributed by atoms with E-state index < -0.39 is 0 Å². The topological polar surface area (TPSA) is 101 Å². The van der Waals surface area contributed by atoms with E-state index in [2.05, 4.69) is 15.3 Å². The normalized spacial score (nSPS) is 10.1. The van der Waals surface area contributed by atoms with Crippen molar-refractivity contribution >= 4 is 22.9 Å². The average Bonchev–Trinajstić information content (AvgIpc) is 2.73. The van der Waals surface area contributed by atoms with Gasteiger partial charge in [-0.15, -0.1) is 0 Å². The van der Waals surface area contributed by atoms with E-state index >= 15 is 0 Å². The number of carbonyl (C=O) groups is 1. The summed E-state index contributed by atoms with van der Waals surface area (Å²) in [5.41, 5.74) is 6.98. The summed E-state index contributed by atoms with van der Waals surface area (Å²) in [5.74, 6) is -0.294. The van der Waals surface area contributed by atoms with Crippen LogP contribution in [0.5, 0.6) is 0 Å². The van der Waals surface area contributed by atoms with E-state index in [0.29, 0.717) is 16.9 Å². The van der Waals surface area contributed by atoms with E-state index in [0.717, 1.165) is 11.3 Å². The molecule has 2 rings (SSSR count). The van der Waals surface area contributed by atoms with Gasteiger partial charge in [0.25, 0.3) is 5.91 Å². The second-order valence-corrected chi connectivity index (χ2v) is 4.16. The summed E-state index contributed by atoms with van der Waals surface area (Å²) in [6.45, 7) is 0.263. The van der Waals surface area contributed by atoms with Gasteiger partial charge in [0.15, 0.2) is 0 Å². The highest BCUT2D eigenvalue weighted by molar-refractivity contribution is 7.07.